The maximum atomic E-state index is 5.18. The van der Waals surface area contributed by atoms with E-state index in [-0.39, 0.29) is 0 Å². The van der Waals surface area contributed by atoms with Crippen LogP contribution in [0.2, 0.25) is 0 Å². The van der Waals surface area contributed by atoms with Gasteiger partial charge in [-0.3, -0.25) is 4.90 Å². The van der Waals surface area contributed by atoms with Gasteiger partial charge < -0.3 is 10.2 Å². The summed E-state index contributed by atoms with van der Waals surface area (Å²) < 4.78 is 6.02. The van der Waals surface area contributed by atoms with Crippen molar-refractivity contribution in [3.05, 3.63) is 24.3 Å². The second-order valence-corrected chi connectivity index (χ2v) is 9.46. The molecule has 2 fully saturated rings. The van der Waals surface area contributed by atoms with Crippen molar-refractivity contribution in [3.63, 3.8) is 0 Å². The van der Waals surface area contributed by atoms with Gasteiger partial charge in [-0.2, -0.15) is 4.37 Å². The lowest BCUT2D eigenvalue weighted by atomic mass is 9.84. The molecule has 1 aromatic carbocycles. The van der Waals surface area contributed by atoms with Gasteiger partial charge in [-0.15, -0.1) is 0 Å². The van der Waals surface area contributed by atoms with Crippen LogP contribution in [0.3, 0.4) is 0 Å². The molecule has 146 valence electrons. The number of aromatic nitrogens is 1. The quantitative estimate of drug-likeness (QED) is 0.754. The lowest BCUT2D eigenvalue weighted by Crippen LogP contribution is -2.47. The summed E-state index contributed by atoms with van der Waals surface area (Å²) in [6.07, 6.45) is 6.62. The summed E-state index contributed by atoms with van der Waals surface area (Å²) in [5.41, 5.74) is 0. The molecule has 6 heteroatoms. The SMILES string of the molecule is CC(=S)N[C@H]1CC[C@H](CCN2CCN(c3nsc4ccccc34)CC2)CC1. The van der Waals surface area contributed by atoms with Gasteiger partial charge in [-0.1, -0.05) is 24.4 Å². The van der Waals surface area contributed by atoms with Crippen LogP contribution in [-0.2, 0) is 0 Å². The van der Waals surface area contributed by atoms with E-state index in [1.807, 2.05) is 6.92 Å². The predicted molar refractivity (Wildman–Crippen MR) is 120 cm³/mol. The molecular weight excluding hydrogens is 372 g/mol. The number of anilines is 1. The van der Waals surface area contributed by atoms with Gasteiger partial charge in [0.2, 0.25) is 0 Å². The first-order valence-corrected chi connectivity index (χ1v) is 11.5. The Labute approximate surface area is 172 Å². The number of hydrogen-bond acceptors (Lipinski definition) is 5. The average molecular weight is 403 g/mol. The van der Waals surface area contributed by atoms with Crippen LogP contribution in [0.5, 0.6) is 0 Å². The minimum atomic E-state index is 0.621. The molecule has 1 N–H and O–H groups in total. The minimum absolute atomic E-state index is 0.621. The standard InChI is InChI=1S/C21H30N4S2/c1-16(26)22-18-8-6-17(7-9-18)10-11-24-12-14-25(15-13-24)21-19-4-2-3-5-20(19)27-23-21/h2-5,17-18H,6-15H2,1H3,(H,22,26)/t17-,18-. The Bertz CT molecular complexity index is 758. The molecule has 0 radical (unpaired) electrons. The van der Waals surface area contributed by atoms with Crippen molar-refractivity contribution < 1.29 is 0 Å². The molecule has 27 heavy (non-hydrogen) atoms. The van der Waals surface area contributed by atoms with Gasteiger partial charge >= 0.3 is 0 Å². The number of thiocarbonyl (C=S) groups is 1. The Morgan fingerprint density at radius 3 is 2.63 bits per heavy atom. The van der Waals surface area contributed by atoms with E-state index in [2.05, 4.69) is 39.4 Å². The summed E-state index contributed by atoms with van der Waals surface area (Å²) in [6.45, 7) is 7.76. The molecule has 1 saturated heterocycles. The third kappa shape index (κ3) is 4.79. The van der Waals surface area contributed by atoms with Crippen molar-refractivity contribution in [2.24, 2.45) is 5.92 Å². The highest BCUT2D eigenvalue weighted by molar-refractivity contribution is 7.80. The van der Waals surface area contributed by atoms with Crippen LogP contribution >= 0.6 is 23.8 Å². The Kier molecular flexibility index (Phi) is 6.25. The van der Waals surface area contributed by atoms with E-state index in [4.69, 9.17) is 16.6 Å². The van der Waals surface area contributed by atoms with Gasteiger partial charge in [-0.25, -0.2) is 0 Å². The Morgan fingerprint density at radius 2 is 1.89 bits per heavy atom. The molecule has 2 heterocycles. The molecule has 1 aliphatic carbocycles. The fourth-order valence-electron chi connectivity index (χ4n) is 4.53. The normalized spacial score (nSPS) is 24.3. The number of rotatable bonds is 5. The molecular formula is C21H30N4S2. The van der Waals surface area contributed by atoms with Crippen molar-refractivity contribution in [2.75, 3.05) is 37.6 Å². The molecule has 4 rings (SSSR count). The zero-order chi connectivity index (χ0) is 18.6. The number of nitrogens with zero attached hydrogens (tertiary/aromatic N) is 3. The number of fused-ring (bicyclic) bond motifs is 1. The topological polar surface area (TPSA) is 31.4 Å². The maximum Gasteiger partial charge on any atom is 0.150 e. The molecule has 1 saturated carbocycles. The van der Waals surface area contributed by atoms with Crippen LogP contribution in [0.25, 0.3) is 10.1 Å². The van der Waals surface area contributed by atoms with Crippen LogP contribution in [0.15, 0.2) is 24.3 Å². The maximum absolute atomic E-state index is 5.18. The van der Waals surface area contributed by atoms with E-state index in [1.165, 1.54) is 54.6 Å². The van der Waals surface area contributed by atoms with Crippen LogP contribution in [0.4, 0.5) is 5.82 Å². The zero-order valence-electron chi connectivity index (χ0n) is 16.2. The Morgan fingerprint density at radius 1 is 1.15 bits per heavy atom. The van der Waals surface area contributed by atoms with Crippen molar-refractivity contribution in [2.45, 2.75) is 45.1 Å². The second-order valence-electron chi connectivity index (χ2n) is 8.04. The fraction of sp³-hybridized carbons (Fsp3) is 0.619. The Balaban J connectivity index is 1.21. The van der Waals surface area contributed by atoms with E-state index in [1.54, 1.807) is 11.5 Å². The van der Waals surface area contributed by atoms with Crippen LogP contribution in [0.1, 0.15) is 39.0 Å². The van der Waals surface area contributed by atoms with Crippen molar-refractivity contribution in [3.8, 4) is 0 Å². The summed E-state index contributed by atoms with van der Waals surface area (Å²) in [4.78, 5) is 6.07. The molecule has 0 bridgehead atoms. The smallest absolute Gasteiger partial charge is 0.150 e. The largest absolute Gasteiger partial charge is 0.377 e. The van der Waals surface area contributed by atoms with E-state index >= 15 is 0 Å². The second kappa shape index (κ2) is 8.84. The van der Waals surface area contributed by atoms with Crippen molar-refractivity contribution in [1.29, 1.82) is 0 Å². The summed E-state index contributed by atoms with van der Waals surface area (Å²) in [6, 6.07) is 9.22. The van der Waals surface area contributed by atoms with Crippen LogP contribution in [-0.4, -0.2) is 53.0 Å². The zero-order valence-corrected chi connectivity index (χ0v) is 17.8. The summed E-state index contributed by atoms with van der Waals surface area (Å²) in [5, 5.41) is 4.76. The third-order valence-corrected chi connectivity index (χ3v) is 7.07. The molecule has 4 nitrogen and oxygen atoms in total. The lowest BCUT2D eigenvalue weighted by Gasteiger charge is -2.36. The van der Waals surface area contributed by atoms with Crippen LogP contribution < -0.4 is 10.2 Å². The molecule has 1 aromatic heterocycles. The summed E-state index contributed by atoms with van der Waals surface area (Å²) in [5.74, 6) is 2.09. The molecule has 2 aliphatic rings. The fourth-order valence-corrected chi connectivity index (χ4v) is 5.49. The number of nitrogens with one attached hydrogen (secondary N) is 1. The van der Waals surface area contributed by atoms with Crippen molar-refractivity contribution >= 4 is 44.6 Å². The average Bonchev–Trinajstić information content (AvgIpc) is 3.12. The summed E-state index contributed by atoms with van der Waals surface area (Å²) in [7, 11) is 0. The number of piperazine rings is 1. The molecule has 0 unspecified atom stereocenters. The van der Waals surface area contributed by atoms with E-state index in [9.17, 15) is 0 Å². The highest BCUT2D eigenvalue weighted by atomic mass is 32.1. The molecule has 2 aromatic rings. The van der Waals surface area contributed by atoms with Crippen LogP contribution in [0, 0.1) is 5.92 Å². The number of hydrogen-bond donors (Lipinski definition) is 1. The third-order valence-electron chi connectivity index (χ3n) is 6.14. The first kappa shape index (κ1) is 19.1. The summed E-state index contributed by atoms with van der Waals surface area (Å²) >= 11 is 6.80. The van der Waals surface area contributed by atoms with Gasteiger partial charge in [0.1, 0.15) is 5.82 Å². The monoisotopic (exact) mass is 402 g/mol. The molecule has 0 spiro atoms. The van der Waals surface area contributed by atoms with Gasteiger partial charge in [-0.05, 0) is 75.2 Å². The molecule has 0 amide bonds. The minimum Gasteiger partial charge on any atom is -0.377 e. The van der Waals surface area contributed by atoms with E-state index in [0.717, 1.165) is 37.1 Å². The molecule has 0 atom stereocenters. The van der Waals surface area contributed by atoms with Gasteiger partial charge in [0.25, 0.3) is 0 Å². The highest BCUT2D eigenvalue weighted by Gasteiger charge is 2.24. The first-order chi connectivity index (χ1) is 13.2. The highest BCUT2D eigenvalue weighted by Crippen LogP contribution is 2.30. The van der Waals surface area contributed by atoms with E-state index < -0.39 is 0 Å². The lowest BCUT2D eigenvalue weighted by molar-refractivity contribution is 0.214. The van der Waals surface area contributed by atoms with Gasteiger partial charge in [0, 0.05) is 37.6 Å². The number of benzene rings is 1. The van der Waals surface area contributed by atoms with E-state index in [0.29, 0.717) is 6.04 Å². The predicted octanol–water partition coefficient (Wildman–Crippen LogP) is 4.30. The van der Waals surface area contributed by atoms with Gasteiger partial charge in [0.05, 0.1) is 9.69 Å². The van der Waals surface area contributed by atoms with Crippen molar-refractivity contribution in [1.82, 2.24) is 14.6 Å². The molecule has 1 aliphatic heterocycles. The first-order valence-electron chi connectivity index (χ1n) is 10.3. The Hall–Kier alpha value is -1.24. The van der Waals surface area contributed by atoms with Gasteiger partial charge in [0.15, 0.2) is 0 Å².